The summed E-state index contributed by atoms with van der Waals surface area (Å²) < 4.78 is 0. The van der Waals surface area contributed by atoms with Gasteiger partial charge >= 0.3 is 0 Å². The Morgan fingerprint density at radius 3 is 2.85 bits per heavy atom. The number of fused-ring (bicyclic) bond motifs is 1. The first kappa shape index (κ1) is 7.98. The minimum Gasteiger partial charge on any atom is -0.373 e. The lowest BCUT2D eigenvalue weighted by atomic mass is 10.1. The topological polar surface area (TPSA) is 37.8 Å². The highest BCUT2D eigenvalue weighted by molar-refractivity contribution is 5.90. The van der Waals surface area contributed by atoms with E-state index in [0.29, 0.717) is 0 Å². The van der Waals surface area contributed by atoms with Crippen molar-refractivity contribution < 1.29 is 0 Å². The lowest BCUT2D eigenvalue weighted by Crippen LogP contribution is -1.95. The number of hydrogen-bond donors (Lipinski definition) is 1. The highest BCUT2D eigenvalue weighted by Gasteiger charge is 2.02. The number of aromatic nitrogens is 2. The SMILES string of the molecule is CNc1ncnc2c(C)cccc12. The van der Waals surface area contributed by atoms with E-state index in [2.05, 4.69) is 28.3 Å². The van der Waals surface area contributed by atoms with Crippen molar-refractivity contribution in [1.29, 1.82) is 0 Å². The molecule has 0 atom stereocenters. The summed E-state index contributed by atoms with van der Waals surface area (Å²) in [6.45, 7) is 2.05. The van der Waals surface area contributed by atoms with Gasteiger partial charge in [-0.2, -0.15) is 0 Å². The maximum atomic E-state index is 4.24. The molecule has 0 unspecified atom stereocenters. The lowest BCUT2D eigenvalue weighted by molar-refractivity contribution is 1.20. The van der Waals surface area contributed by atoms with Gasteiger partial charge in [0, 0.05) is 12.4 Å². The highest BCUT2D eigenvalue weighted by atomic mass is 15.0. The van der Waals surface area contributed by atoms with E-state index in [0.717, 1.165) is 16.7 Å². The van der Waals surface area contributed by atoms with Crippen LogP contribution in [0.1, 0.15) is 5.56 Å². The first-order valence-electron chi connectivity index (χ1n) is 4.21. The van der Waals surface area contributed by atoms with E-state index >= 15 is 0 Å². The van der Waals surface area contributed by atoms with Gasteiger partial charge < -0.3 is 5.32 Å². The van der Waals surface area contributed by atoms with Gasteiger partial charge in [-0.3, -0.25) is 0 Å². The molecule has 1 aromatic heterocycles. The monoisotopic (exact) mass is 173 g/mol. The van der Waals surface area contributed by atoms with E-state index in [1.807, 2.05) is 19.2 Å². The van der Waals surface area contributed by atoms with Gasteiger partial charge in [-0.05, 0) is 18.6 Å². The summed E-state index contributed by atoms with van der Waals surface area (Å²) in [7, 11) is 1.87. The van der Waals surface area contributed by atoms with Crippen LogP contribution in [0.15, 0.2) is 24.5 Å². The van der Waals surface area contributed by atoms with E-state index in [1.54, 1.807) is 6.33 Å². The number of rotatable bonds is 1. The molecule has 1 heterocycles. The Hall–Kier alpha value is -1.64. The Morgan fingerprint density at radius 2 is 2.08 bits per heavy atom. The van der Waals surface area contributed by atoms with Gasteiger partial charge in [0.25, 0.3) is 0 Å². The van der Waals surface area contributed by atoms with Gasteiger partial charge in [-0.25, -0.2) is 9.97 Å². The van der Waals surface area contributed by atoms with Crippen LogP contribution in [0.4, 0.5) is 5.82 Å². The highest BCUT2D eigenvalue weighted by Crippen LogP contribution is 2.20. The Morgan fingerprint density at radius 1 is 1.23 bits per heavy atom. The van der Waals surface area contributed by atoms with Crippen molar-refractivity contribution in [3.63, 3.8) is 0 Å². The molecule has 0 bridgehead atoms. The van der Waals surface area contributed by atoms with Gasteiger partial charge in [0.2, 0.25) is 0 Å². The Labute approximate surface area is 76.8 Å². The van der Waals surface area contributed by atoms with Crippen molar-refractivity contribution in [2.24, 2.45) is 0 Å². The average Bonchev–Trinajstić information content (AvgIpc) is 2.18. The van der Waals surface area contributed by atoms with Crippen molar-refractivity contribution in [3.05, 3.63) is 30.1 Å². The fourth-order valence-electron chi connectivity index (χ4n) is 1.43. The molecule has 3 heteroatoms. The van der Waals surface area contributed by atoms with Crippen LogP contribution < -0.4 is 5.32 Å². The second-order valence-electron chi connectivity index (χ2n) is 2.94. The molecule has 0 fully saturated rings. The summed E-state index contributed by atoms with van der Waals surface area (Å²) in [4.78, 5) is 8.38. The van der Waals surface area contributed by atoms with Gasteiger partial charge in [0.1, 0.15) is 12.1 Å². The normalized spacial score (nSPS) is 10.3. The zero-order valence-electron chi connectivity index (χ0n) is 7.70. The number of anilines is 1. The van der Waals surface area contributed by atoms with Crippen LogP contribution in [0.25, 0.3) is 10.9 Å². The summed E-state index contributed by atoms with van der Waals surface area (Å²) >= 11 is 0. The van der Waals surface area contributed by atoms with Gasteiger partial charge in [-0.1, -0.05) is 12.1 Å². The zero-order valence-corrected chi connectivity index (χ0v) is 7.70. The minimum absolute atomic E-state index is 0.883. The third-order valence-electron chi connectivity index (χ3n) is 2.10. The second-order valence-corrected chi connectivity index (χ2v) is 2.94. The minimum atomic E-state index is 0.883. The maximum absolute atomic E-state index is 4.24. The standard InChI is InChI=1S/C10H11N3/c1-7-4-3-5-8-9(7)12-6-13-10(8)11-2/h3-6H,1-2H3,(H,11,12,13). The van der Waals surface area contributed by atoms with E-state index in [4.69, 9.17) is 0 Å². The number of nitrogens with one attached hydrogen (secondary N) is 1. The van der Waals surface area contributed by atoms with E-state index in [-0.39, 0.29) is 0 Å². The summed E-state index contributed by atoms with van der Waals surface area (Å²) in [5, 5.41) is 4.12. The summed E-state index contributed by atoms with van der Waals surface area (Å²) in [5.74, 6) is 0.883. The van der Waals surface area contributed by atoms with Crippen molar-refractivity contribution >= 4 is 16.7 Å². The Kier molecular flexibility index (Phi) is 1.85. The third kappa shape index (κ3) is 1.22. The smallest absolute Gasteiger partial charge is 0.137 e. The number of benzene rings is 1. The number of nitrogens with zero attached hydrogens (tertiary/aromatic N) is 2. The summed E-state index contributed by atoms with van der Waals surface area (Å²) in [6, 6.07) is 6.09. The average molecular weight is 173 g/mol. The molecule has 66 valence electrons. The Balaban J connectivity index is 2.84. The second kappa shape index (κ2) is 3.01. The Bertz CT molecular complexity index is 437. The molecule has 0 saturated carbocycles. The van der Waals surface area contributed by atoms with Crippen molar-refractivity contribution in [2.75, 3.05) is 12.4 Å². The third-order valence-corrected chi connectivity index (χ3v) is 2.10. The molecule has 2 rings (SSSR count). The predicted molar refractivity (Wildman–Crippen MR) is 53.8 cm³/mol. The van der Waals surface area contributed by atoms with Crippen LogP contribution >= 0.6 is 0 Å². The molecule has 13 heavy (non-hydrogen) atoms. The van der Waals surface area contributed by atoms with Crippen LogP contribution in [0.2, 0.25) is 0 Å². The molecule has 0 spiro atoms. The molecule has 3 nitrogen and oxygen atoms in total. The number of hydrogen-bond acceptors (Lipinski definition) is 3. The molecule has 1 aromatic carbocycles. The van der Waals surface area contributed by atoms with E-state index in [9.17, 15) is 0 Å². The molecule has 0 aliphatic heterocycles. The zero-order chi connectivity index (χ0) is 9.26. The number of para-hydroxylation sites is 1. The largest absolute Gasteiger partial charge is 0.373 e. The van der Waals surface area contributed by atoms with E-state index in [1.165, 1.54) is 5.56 Å². The molecule has 1 N–H and O–H groups in total. The fraction of sp³-hybridized carbons (Fsp3) is 0.200. The molecule has 0 aliphatic rings. The quantitative estimate of drug-likeness (QED) is 0.716. The molecule has 2 aromatic rings. The molecular weight excluding hydrogens is 162 g/mol. The summed E-state index contributed by atoms with van der Waals surface area (Å²) in [5.41, 5.74) is 2.19. The van der Waals surface area contributed by atoms with Crippen LogP contribution in [0, 0.1) is 6.92 Å². The maximum Gasteiger partial charge on any atom is 0.137 e. The molecule has 0 radical (unpaired) electrons. The van der Waals surface area contributed by atoms with Crippen molar-refractivity contribution in [1.82, 2.24) is 9.97 Å². The van der Waals surface area contributed by atoms with Gasteiger partial charge in [0.05, 0.1) is 5.52 Å². The van der Waals surface area contributed by atoms with Crippen LogP contribution in [0.5, 0.6) is 0 Å². The van der Waals surface area contributed by atoms with Gasteiger partial charge in [-0.15, -0.1) is 0 Å². The van der Waals surface area contributed by atoms with Gasteiger partial charge in [0.15, 0.2) is 0 Å². The summed E-state index contributed by atoms with van der Waals surface area (Å²) in [6.07, 6.45) is 1.58. The lowest BCUT2D eigenvalue weighted by Gasteiger charge is -2.04. The van der Waals surface area contributed by atoms with Crippen LogP contribution in [-0.2, 0) is 0 Å². The molecule has 0 amide bonds. The van der Waals surface area contributed by atoms with E-state index < -0.39 is 0 Å². The van der Waals surface area contributed by atoms with Crippen molar-refractivity contribution in [3.8, 4) is 0 Å². The van der Waals surface area contributed by atoms with Crippen LogP contribution in [-0.4, -0.2) is 17.0 Å². The predicted octanol–water partition coefficient (Wildman–Crippen LogP) is 1.98. The fourth-order valence-corrected chi connectivity index (χ4v) is 1.43. The van der Waals surface area contributed by atoms with Crippen molar-refractivity contribution in [2.45, 2.75) is 6.92 Å². The molecule has 0 saturated heterocycles. The van der Waals surface area contributed by atoms with Crippen LogP contribution in [0.3, 0.4) is 0 Å². The molecule has 0 aliphatic carbocycles. The first-order valence-corrected chi connectivity index (χ1v) is 4.21. The number of aryl methyl sites for hydroxylation is 1. The molecular formula is C10H11N3. The first-order chi connectivity index (χ1) is 6.33.